The predicted molar refractivity (Wildman–Crippen MR) is 167 cm³/mol. The standard InChI is InChI=1S/C38H36N2O/c1-24-13-15-28-30(21-24)38(36-22-25(2)19-20-37(28,36)3)29-11-7-8-12-34(29)41-35-18-14-27(23-31(35)38)33(40)17-16-32(39)26-9-5-4-6-10-26/h4-20,23-25,36,39-40H,21-22H2,1-3H3/b17-16-,39-32?,40-33?/t24?,25?,36?,37?,38-/m0/s1. The Morgan fingerprint density at radius 3 is 2.32 bits per heavy atom. The van der Waals surface area contributed by atoms with Gasteiger partial charge in [0.25, 0.3) is 0 Å². The van der Waals surface area contributed by atoms with Gasteiger partial charge in [0.1, 0.15) is 11.5 Å². The van der Waals surface area contributed by atoms with Gasteiger partial charge in [-0.3, -0.25) is 0 Å². The van der Waals surface area contributed by atoms with E-state index in [1.807, 2.05) is 36.4 Å². The molecule has 1 heterocycles. The van der Waals surface area contributed by atoms with Crippen LogP contribution in [0.2, 0.25) is 0 Å². The molecular weight excluding hydrogens is 500 g/mol. The Morgan fingerprint density at radius 2 is 1.51 bits per heavy atom. The summed E-state index contributed by atoms with van der Waals surface area (Å²) in [6.45, 7) is 7.10. The molecule has 0 saturated carbocycles. The van der Waals surface area contributed by atoms with Crippen molar-refractivity contribution in [2.24, 2.45) is 23.2 Å². The lowest BCUT2D eigenvalue weighted by molar-refractivity contribution is 0.197. The molecule has 204 valence electrons. The minimum absolute atomic E-state index is 0.0750. The van der Waals surface area contributed by atoms with Crippen LogP contribution in [0.4, 0.5) is 0 Å². The summed E-state index contributed by atoms with van der Waals surface area (Å²) in [6.07, 6.45) is 15.3. The molecule has 0 fully saturated rings. The van der Waals surface area contributed by atoms with Crippen molar-refractivity contribution in [3.8, 4) is 11.5 Å². The molecule has 5 atom stereocenters. The van der Waals surface area contributed by atoms with Crippen LogP contribution in [0.5, 0.6) is 11.5 Å². The average Bonchev–Trinajstić information content (AvgIpc) is 3.20. The second-order valence-corrected chi connectivity index (χ2v) is 12.5. The topological polar surface area (TPSA) is 56.9 Å². The minimum Gasteiger partial charge on any atom is -0.457 e. The Bertz CT molecular complexity index is 1710. The van der Waals surface area contributed by atoms with E-state index in [0.717, 1.165) is 35.5 Å². The first kappa shape index (κ1) is 25.7. The van der Waals surface area contributed by atoms with Crippen molar-refractivity contribution in [3.05, 3.63) is 143 Å². The van der Waals surface area contributed by atoms with E-state index in [-0.39, 0.29) is 10.8 Å². The summed E-state index contributed by atoms with van der Waals surface area (Å²) in [5.74, 6) is 3.12. The van der Waals surface area contributed by atoms with Gasteiger partial charge in [-0.05, 0) is 89.3 Å². The van der Waals surface area contributed by atoms with Crippen molar-refractivity contribution in [1.29, 1.82) is 10.8 Å². The highest BCUT2D eigenvalue weighted by molar-refractivity contribution is 6.14. The summed E-state index contributed by atoms with van der Waals surface area (Å²) in [6, 6.07) is 24.6. The maximum absolute atomic E-state index is 9.02. The van der Waals surface area contributed by atoms with E-state index in [1.54, 1.807) is 12.2 Å². The number of rotatable bonds is 4. The molecule has 3 heteroatoms. The van der Waals surface area contributed by atoms with Crippen LogP contribution < -0.4 is 4.74 Å². The zero-order valence-corrected chi connectivity index (χ0v) is 23.9. The molecule has 1 aliphatic heterocycles. The van der Waals surface area contributed by atoms with Crippen LogP contribution in [0.1, 0.15) is 55.9 Å². The molecule has 4 aliphatic rings. The maximum Gasteiger partial charge on any atom is 0.131 e. The molecule has 2 N–H and O–H groups in total. The number of hydrogen-bond acceptors (Lipinski definition) is 3. The number of allylic oxidation sites excluding steroid dienone is 8. The van der Waals surface area contributed by atoms with E-state index < -0.39 is 0 Å². The summed E-state index contributed by atoms with van der Waals surface area (Å²) in [7, 11) is 0. The lowest BCUT2D eigenvalue weighted by Crippen LogP contribution is -2.44. The Hall–Kier alpha value is -4.24. The predicted octanol–water partition coefficient (Wildman–Crippen LogP) is 9.20. The molecule has 0 bridgehead atoms. The molecule has 3 aromatic carbocycles. The SMILES string of the molecule is CC1C=CC2=C(C1)[C@]1(c3ccccc3Oc3ccc(C(=N)/C=C\C(=N)c4ccccc4)cc31)C1CC(C)C=CC21C. The van der Waals surface area contributed by atoms with Gasteiger partial charge in [-0.25, -0.2) is 0 Å². The van der Waals surface area contributed by atoms with E-state index in [1.165, 1.54) is 22.3 Å². The van der Waals surface area contributed by atoms with Gasteiger partial charge in [-0.2, -0.15) is 0 Å². The van der Waals surface area contributed by atoms with Gasteiger partial charge in [0.15, 0.2) is 0 Å². The summed E-state index contributed by atoms with van der Waals surface area (Å²) in [5, 5.41) is 17.5. The van der Waals surface area contributed by atoms with Crippen LogP contribution in [0.3, 0.4) is 0 Å². The first-order chi connectivity index (χ1) is 19.8. The van der Waals surface area contributed by atoms with E-state index in [9.17, 15) is 0 Å². The van der Waals surface area contributed by atoms with Gasteiger partial charge in [0.05, 0.1) is 16.8 Å². The Morgan fingerprint density at radius 1 is 0.805 bits per heavy atom. The third-order valence-corrected chi connectivity index (χ3v) is 9.87. The van der Waals surface area contributed by atoms with Crippen molar-refractivity contribution in [3.63, 3.8) is 0 Å². The lowest BCUT2D eigenvalue weighted by atomic mass is 9.55. The van der Waals surface area contributed by atoms with Crippen LogP contribution in [0.15, 0.2) is 120 Å². The summed E-state index contributed by atoms with van der Waals surface area (Å²) >= 11 is 0. The smallest absolute Gasteiger partial charge is 0.131 e. The summed E-state index contributed by atoms with van der Waals surface area (Å²) < 4.78 is 6.62. The molecule has 0 saturated heterocycles. The van der Waals surface area contributed by atoms with Gasteiger partial charge in [0.2, 0.25) is 0 Å². The number of hydrogen-bond donors (Lipinski definition) is 2. The maximum atomic E-state index is 9.02. The fraction of sp³-hybridized carbons (Fsp3) is 0.263. The highest BCUT2D eigenvalue weighted by Crippen LogP contribution is 2.70. The lowest BCUT2D eigenvalue weighted by Gasteiger charge is -2.49. The molecule has 4 unspecified atom stereocenters. The number of fused-ring (bicyclic) bond motifs is 8. The van der Waals surface area contributed by atoms with Crippen LogP contribution in [0.25, 0.3) is 0 Å². The van der Waals surface area contributed by atoms with Crippen LogP contribution in [-0.4, -0.2) is 11.4 Å². The number of para-hydroxylation sites is 1. The van der Waals surface area contributed by atoms with Crippen molar-refractivity contribution < 1.29 is 4.74 Å². The monoisotopic (exact) mass is 536 g/mol. The zero-order chi connectivity index (χ0) is 28.4. The van der Waals surface area contributed by atoms with Crippen LogP contribution in [-0.2, 0) is 5.41 Å². The van der Waals surface area contributed by atoms with Crippen molar-refractivity contribution in [2.45, 2.75) is 39.0 Å². The fourth-order valence-electron chi connectivity index (χ4n) is 7.95. The second kappa shape index (κ2) is 9.41. The molecule has 7 rings (SSSR count). The highest BCUT2D eigenvalue weighted by Gasteiger charge is 2.63. The summed E-state index contributed by atoms with van der Waals surface area (Å²) in [4.78, 5) is 0. The molecule has 3 aromatic rings. The Labute approximate surface area is 243 Å². The number of nitrogens with one attached hydrogen (secondary N) is 2. The first-order valence-corrected chi connectivity index (χ1v) is 14.8. The molecule has 3 nitrogen and oxygen atoms in total. The Balaban J connectivity index is 1.41. The summed E-state index contributed by atoms with van der Waals surface area (Å²) in [5.41, 5.74) is 7.48. The second-order valence-electron chi connectivity index (χ2n) is 12.5. The van der Waals surface area contributed by atoms with Gasteiger partial charge < -0.3 is 15.6 Å². The van der Waals surface area contributed by atoms with E-state index in [2.05, 4.69) is 81.5 Å². The van der Waals surface area contributed by atoms with Crippen molar-refractivity contribution in [1.82, 2.24) is 0 Å². The van der Waals surface area contributed by atoms with E-state index in [0.29, 0.717) is 29.2 Å². The van der Waals surface area contributed by atoms with Gasteiger partial charge in [-0.1, -0.05) is 93.6 Å². The van der Waals surface area contributed by atoms with Crippen molar-refractivity contribution in [2.75, 3.05) is 0 Å². The third kappa shape index (κ3) is 3.79. The molecule has 0 aromatic heterocycles. The molecule has 1 spiro atoms. The molecule has 0 amide bonds. The first-order valence-electron chi connectivity index (χ1n) is 14.8. The van der Waals surface area contributed by atoms with Crippen LogP contribution in [0, 0.1) is 34.0 Å². The zero-order valence-electron chi connectivity index (χ0n) is 23.9. The van der Waals surface area contributed by atoms with Gasteiger partial charge in [-0.15, -0.1) is 0 Å². The van der Waals surface area contributed by atoms with E-state index in [4.69, 9.17) is 15.6 Å². The quantitative estimate of drug-likeness (QED) is 0.253. The highest BCUT2D eigenvalue weighted by atomic mass is 16.5. The third-order valence-electron chi connectivity index (χ3n) is 9.87. The fourth-order valence-corrected chi connectivity index (χ4v) is 7.95. The molecular formula is C38H36N2O. The average molecular weight is 537 g/mol. The van der Waals surface area contributed by atoms with Crippen molar-refractivity contribution >= 4 is 11.4 Å². The largest absolute Gasteiger partial charge is 0.457 e. The van der Waals surface area contributed by atoms with E-state index >= 15 is 0 Å². The number of benzene rings is 3. The normalized spacial score (nSPS) is 29.1. The minimum atomic E-state index is -0.330. The van der Waals surface area contributed by atoms with Crippen LogP contribution >= 0.6 is 0 Å². The molecule has 0 radical (unpaired) electrons. The Kier molecular flexibility index (Phi) is 5.90. The van der Waals surface area contributed by atoms with Gasteiger partial charge in [0, 0.05) is 16.5 Å². The molecule has 41 heavy (non-hydrogen) atoms. The number of ether oxygens (including phenoxy) is 1. The molecule has 3 aliphatic carbocycles. The van der Waals surface area contributed by atoms with Gasteiger partial charge >= 0.3 is 0 Å².